The van der Waals surface area contributed by atoms with Gasteiger partial charge in [0.25, 0.3) is 5.91 Å². The molecular weight excluding hydrogens is 300 g/mol. The van der Waals surface area contributed by atoms with E-state index in [2.05, 4.69) is 29.6 Å². The highest BCUT2D eigenvalue weighted by Gasteiger charge is 2.43. The number of likely N-dealkylation sites (tertiary alicyclic amines) is 1. The van der Waals surface area contributed by atoms with E-state index in [1.807, 2.05) is 4.90 Å². The summed E-state index contributed by atoms with van der Waals surface area (Å²) >= 11 is 0. The van der Waals surface area contributed by atoms with Crippen LogP contribution in [-0.2, 0) is 17.6 Å². The second-order valence-electron chi connectivity index (χ2n) is 7.94. The molecule has 4 nitrogen and oxygen atoms in total. The van der Waals surface area contributed by atoms with Crippen LogP contribution in [0.25, 0.3) is 0 Å². The van der Waals surface area contributed by atoms with Crippen LogP contribution in [0.2, 0.25) is 0 Å². The maximum absolute atomic E-state index is 12.8. The third-order valence-corrected chi connectivity index (χ3v) is 6.14. The number of benzene rings is 1. The van der Waals surface area contributed by atoms with Gasteiger partial charge in [0.05, 0.1) is 0 Å². The molecule has 4 heteroatoms. The summed E-state index contributed by atoms with van der Waals surface area (Å²) in [4.78, 5) is 14.7. The molecule has 2 N–H and O–H groups in total. The lowest BCUT2D eigenvalue weighted by atomic mass is 9.83. The largest absolute Gasteiger partial charge is 0.379 e. The molecule has 0 aromatic heterocycles. The third kappa shape index (κ3) is 3.09. The van der Waals surface area contributed by atoms with Crippen LogP contribution >= 0.6 is 0 Å². The molecule has 1 saturated carbocycles. The van der Waals surface area contributed by atoms with Crippen LogP contribution in [-0.4, -0.2) is 47.2 Å². The minimum absolute atomic E-state index is 0.0522. The van der Waals surface area contributed by atoms with Crippen molar-refractivity contribution < 1.29 is 9.90 Å². The molecule has 0 spiro atoms. The first kappa shape index (κ1) is 16.1. The van der Waals surface area contributed by atoms with Gasteiger partial charge in [0, 0.05) is 25.7 Å². The Morgan fingerprint density at radius 1 is 1.17 bits per heavy atom. The Labute approximate surface area is 144 Å². The molecule has 0 bridgehead atoms. The molecule has 1 atom stereocenters. The molecule has 1 saturated heterocycles. The lowest BCUT2D eigenvalue weighted by Crippen LogP contribution is -2.59. The van der Waals surface area contributed by atoms with E-state index in [1.54, 1.807) is 0 Å². The number of hydrogen-bond donors (Lipinski definition) is 2. The average Bonchev–Trinajstić information content (AvgIpc) is 2.96. The van der Waals surface area contributed by atoms with E-state index in [-0.39, 0.29) is 5.91 Å². The highest BCUT2D eigenvalue weighted by Crippen LogP contribution is 2.30. The Kier molecular flexibility index (Phi) is 4.35. The van der Waals surface area contributed by atoms with Crippen LogP contribution in [0.4, 0.5) is 0 Å². The standard InChI is InChI=1S/C20H28N2O2/c23-19-20(24,9-4-10-22(19)13-15-5-3-6-15)14-21-18-11-16-7-1-2-8-17(16)12-18/h1-2,7-8,15,18,21,24H,3-6,9-14H2/t20-/m0/s1. The molecule has 1 aromatic carbocycles. The third-order valence-electron chi connectivity index (χ3n) is 6.14. The summed E-state index contributed by atoms with van der Waals surface area (Å²) < 4.78 is 0. The Bertz CT molecular complexity index is 588. The molecule has 1 heterocycles. The molecule has 1 amide bonds. The Balaban J connectivity index is 1.34. The second kappa shape index (κ2) is 6.49. The van der Waals surface area contributed by atoms with Gasteiger partial charge in [-0.3, -0.25) is 4.79 Å². The Hall–Kier alpha value is -1.39. The predicted octanol–water partition coefficient (Wildman–Crippen LogP) is 1.90. The van der Waals surface area contributed by atoms with Gasteiger partial charge in [-0.2, -0.15) is 0 Å². The number of amides is 1. The molecule has 0 radical (unpaired) electrons. The van der Waals surface area contributed by atoms with Crippen molar-refractivity contribution in [3.8, 4) is 0 Å². The number of carbonyl (C=O) groups is 1. The summed E-state index contributed by atoms with van der Waals surface area (Å²) in [5, 5.41) is 14.4. The maximum Gasteiger partial charge on any atom is 0.255 e. The topological polar surface area (TPSA) is 52.6 Å². The molecule has 130 valence electrons. The normalized spacial score (nSPS) is 28.0. The molecule has 24 heavy (non-hydrogen) atoms. The highest BCUT2D eigenvalue weighted by atomic mass is 16.3. The SMILES string of the molecule is O=C1N(CC2CCC2)CCC[C@]1(O)CNC1Cc2ccccc2C1. The fraction of sp³-hybridized carbons (Fsp3) is 0.650. The number of fused-ring (bicyclic) bond motifs is 1. The van der Waals surface area contributed by atoms with Crippen LogP contribution in [0.5, 0.6) is 0 Å². The van der Waals surface area contributed by atoms with Gasteiger partial charge in [0.2, 0.25) is 0 Å². The summed E-state index contributed by atoms with van der Waals surface area (Å²) in [5.41, 5.74) is 1.57. The maximum atomic E-state index is 12.8. The molecule has 1 aromatic rings. The summed E-state index contributed by atoms with van der Waals surface area (Å²) in [6.07, 6.45) is 7.24. The molecule has 2 fully saturated rings. The van der Waals surface area contributed by atoms with Gasteiger partial charge in [-0.15, -0.1) is 0 Å². The number of piperidine rings is 1. The minimum atomic E-state index is -1.21. The van der Waals surface area contributed by atoms with Crippen molar-refractivity contribution in [3.63, 3.8) is 0 Å². The summed E-state index contributed by atoms with van der Waals surface area (Å²) in [6, 6.07) is 8.85. The zero-order valence-corrected chi connectivity index (χ0v) is 14.3. The van der Waals surface area contributed by atoms with Gasteiger partial charge in [-0.05, 0) is 55.6 Å². The lowest BCUT2D eigenvalue weighted by molar-refractivity contribution is -0.157. The van der Waals surface area contributed by atoms with Crippen molar-refractivity contribution in [3.05, 3.63) is 35.4 Å². The predicted molar refractivity (Wildman–Crippen MR) is 93.7 cm³/mol. The zero-order valence-electron chi connectivity index (χ0n) is 14.3. The summed E-state index contributed by atoms with van der Waals surface area (Å²) in [6.45, 7) is 2.04. The van der Waals surface area contributed by atoms with E-state index in [9.17, 15) is 9.90 Å². The number of nitrogens with zero attached hydrogens (tertiary/aromatic N) is 1. The number of hydrogen-bond acceptors (Lipinski definition) is 3. The second-order valence-corrected chi connectivity index (χ2v) is 7.94. The first-order chi connectivity index (χ1) is 11.6. The van der Waals surface area contributed by atoms with Gasteiger partial charge >= 0.3 is 0 Å². The van der Waals surface area contributed by atoms with E-state index in [4.69, 9.17) is 0 Å². The van der Waals surface area contributed by atoms with Gasteiger partial charge in [0.15, 0.2) is 5.60 Å². The van der Waals surface area contributed by atoms with Gasteiger partial charge in [-0.1, -0.05) is 30.7 Å². The number of nitrogens with one attached hydrogen (secondary N) is 1. The van der Waals surface area contributed by atoms with E-state index in [0.717, 1.165) is 32.4 Å². The number of aliphatic hydroxyl groups is 1. The van der Waals surface area contributed by atoms with E-state index in [1.165, 1.54) is 30.4 Å². The number of carbonyl (C=O) groups excluding carboxylic acids is 1. The Morgan fingerprint density at radius 2 is 1.88 bits per heavy atom. The molecule has 1 aliphatic heterocycles. The van der Waals surface area contributed by atoms with Crippen molar-refractivity contribution in [1.82, 2.24) is 10.2 Å². The minimum Gasteiger partial charge on any atom is -0.379 e. The quantitative estimate of drug-likeness (QED) is 0.868. The van der Waals surface area contributed by atoms with Crippen molar-refractivity contribution in [2.24, 2.45) is 5.92 Å². The van der Waals surface area contributed by atoms with Gasteiger partial charge in [-0.25, -0.2) is 0 Å². The molecule has 2 aliphatic carbocycles. The van der Waals surface area contributed by atoms with Crippen LogP contribution in [0.1, 0.15) is 43.2 Å². The fourth-order valence-corrected chi connectivity index (χ4v) is 4.41. The van der Waals surface area contributed by atoms with Gasteiger partial charge in [0.1, 0.15) is 0 Å². The molecular formula is C20H28N2O2. The monoisotopic (exact) mass is 328 g/mol. The first-order valence-corrected chi connectivity index (χ1v) is 9.46. The smallest absolute Gasteiger partial charge is 0.255 e. The first-order valence-electron chi connectivity index (χ1n) is 9.46. The van der Waals surface area contributed by atoms with Crippen LogP contribution in [0.15, 0.2) is 24.3 Å². The van der Waals surface area contributed by atoms with Crippen molar-refractivity contribution in [2.45, 2.75) is 56.6 Å². The van der Waals surface area contributed by atoms with Crippen molar-refractivity contribution in [2.75, 3.05) is 19.6 Å². The average molecular weight is 328 g/mol. The number of rotatable bonds is 5. The fourth-order valence-electron chi connectivity index (χ4n) is 4.41. The van der Waals surface area contributed by atoms with Crippen LogP contribution in [0.3, 0.4) is 0 Å². The van der Waals surface area contributed by atoms with E-state index >= 15 is 0 Å². The van der Waals surface area contributed by atoms with E-state index < -0.39 is 5.60 Å². The summed E-state index contributed by atoms with van der Waals surface area (Å²) in [5.74, 6) is 0.609. The van der Waals surface area contributed by atoms with Crippen LogP contribution in [0, 0.1) is 5.92 Å². The van der Waals surface area contributed by atoms with Gasteiger partial charge < -0.3 is 15.3 Å². The summed E-state index contributed by atoms with van der Waals surface area (Å²) in [7, 11) is 0. The molecule has 3 aliphatic rings. The van der Waals surface area contributed by atoms with Crippen molar-refractivity contribution >= 4 is 5.91 Å². The molecule has 0 unspecified atom stereocenters. The lowest BCUT2D eigenvalue weighted by Gasteiger charge is -2.41. The van der Waals surface area contributed by atoms with Crippen LogP contribution < -0.4 is 5.32 Å². The Morgan fingerprint density at radius 3 is 2.50 bits per heavy atom. The van der Waals surface area contributed by atoms with E-state index in [0.29, 0.717) is 24.9 Å². The zero-order chi connectivity index (χ0) is 16.6. The van der Waals surface area contributed by atoms with Crippen molar-refractivity contribution in [1.29, 1.82) is 0 Å². The molecule has 4 rings (SSSR count). The highest BCUT2D eigenvalue weighted by molar-refractivity contribution is 5.86.